The van der Waals surface area contributed by atoms with Gasteiger partial charge in [0.1, 0.15) is 10.9 Å². The lowest BCUT2D eigenvalue weighted by atomic mass is 9.79. The lowest BCUT2D eigenvalue weighted by Crippen LogP contribution is -2.20. The second-order valence-electron chi connectivity index (χ2n) is 9.89. The molecule has 182 valence electrons. The van der Waals surface area contributed by atoms with Crippen molar-refractivity contribution >= 4 is 17.3 Å². The van der Waals surface area contributed by atoms with Crippen LogP contribution in [0.4, 0.5) is 8.78 Å². The Balaban J connectivity index is 1.60. The van der Waals surface area contributed by atoms with E-state index in [0.717, 1.165) is 40.7 Å². The molecule has 4 rings (SSSR count). The number of hydrogen-bond acceptors (Lipinski definition) is 2. The number of thioether (sulfide) groups is 1. The molecule has 0 radical (unpaired) electrons. The first kappa shape index (κ1) is 25.0. The van der Waals surface area contributed by atoms with Crippen molar-refractivity contribution in [3.05, 3.63) is 65.8 Å². The van der Waals surface area contributed by atoms with E-state index in [-0.39, 0.29) is 6.42 Å². The van der Waals surface area contributed by atoms with Crippen LogP contribution in [0, 0.1) is 11.8 Å². The molecular formula is C29H36F2N2S. The minimum Gasteiger partial charge on any atom is -0.263 e. The summed E-state index contributed by atoms with van der Waals surface area (Å²) in [6.07, 6.45) is 13.0. The molecule has 2 nitrogen and oxygen atoms in total. The average Bonchev–Trinajstić information content (AvgIpc) is 3.20. The third kappa shape index (κ3) is 5.73. The number of nitrogens with zero attached hydrogens (tertiary/aromatic N) is 2. The first-order chi connectivity index (χ1) is 16.5. The van der Waals surface area contributed by atoms with Gasteiger partial charge in [0, 0.05) is 29.7 Å². The van der Waals surface area contributed by atoms with E-state index in [2.05, 4.69) is 18.2 Å². The van der Waals surface area contributed by atoms with Crippen LogP contribution in [0.15, 0.2) is 65.2 Å². The zero-order valence-electron chi connectivity index (χ0n) is 20.5. The largest absolute Gasteiger partial charge is 0.263 e. The van der Waals surface area contributed by atoms with Crippen molar-refractivity contribution in [2.24, 2.45) is 11.8 Å². The SMILES string of the molecule is C=C(C)CCCC1CCC(Cn2nc(SC)c(C3=CCCC(F)=C3F)c2-c2ccccc2)CC1. The number of halogens is 2. The molecule has 0 unspecified atom stereocenters. The molecule has 2 aliphatic carbocycles. The number of allylic oxidation sites excluding steroid dienone is 5. The van der Waals surface area contributed by atoms with Gasteiger partial charge in [-0.1, -0.05) is 61.2 Å². The van der Waals surface area contributed by atoms with E-state index >= 15 is 0 Å². The van der Waals surface area contributed by atoms with Crippen molar-refractivity contribution < 1.29 is 8.78 Å². The van der Waals surface area contributed by atoms with E-state index in [1.165, 1.54) is 55.9 Å². The van der Waals surface area contributed by atoms with Crippen molar-refractivity contribution in [1.82, 2.24) is 9.78 Å². The molecule has 1 saturated carbocycles. The molecule has 0 aliphatic heterocycles. The Hall–Kier alpha value is -2.14. The average molecular weight is 483 g/mol. The van der Waals surface area contributed by atoms with Gasteiger partial charge in [-0.05, 0) is 57.1 Å². The summed E-state index contributed by atoms with van der Waals surface area (Å²) in [6.45, 7) is 6.96. The highest BCUT2D eigenvalue weighted by molar-refractivity contribution is 7.98. The monoisotopic (exact) mass is 482 g/mol. The molecule has 0 saturated heterocycles. The Kier molecular flexibility index (Phi) is 8.46. The van der Waals surface area contributed by atoms with Gasteiger partial charge in [0.15, 0.2) is 5.83 Å². The molecule has 2 aliphatic rings. The van der Waals surface area contributed by atoms with E-state index in [1.807, 2.05) is 42.7 Å². The molecule has 1 aromatic heterocycles. The van der Waals surface area contributed by atoms with Crippen LogP contribution in [0.1, 0.15) is 70.3 Å². The van der Waals surface area contributed by atoms with E-state index in [9.17, 15) is 8.78 Å². The fourth-order valence-electron chi connectivity index (χ4n) is 5.39. The molecule has 2 aromatic rings. The quantitative estimate of drug-likeness (QED) is 0.262. The maximum atomic E-state index is 15.0. The fraction of sp³-hybridized carbons (Fsp3) is 0.483. The summed E-state index contributed by atoms with van der Waals surface area (Å²) in [5, 5.41) is 5.71. The second kappa shape index (κ2) is 11.5. The standard InChI is InChI=1S/C29H36F2N2S/c1-20(2)9-7-10-21-15-17-22(18-16-21)19-33-28(23-11-5-4-6-12-23)26(29(32-33)34-3)24-13-8-14-25(30)27(24)31/h4-6,11-13,21-22H,1,7-10,14-19H2,2-3H3. The van der Waals surface area contributed by atoms with Crippen LogP contribution in [0.5, 0.6) is 0 Å². The van der Waals surface area contributed by atoms with Gasteiger partial charge >= 0.3 is 0 Å². The van der Waals surface area contributed by atoms with E-state index in [1.54, 1.807) is 0 Å². The lowest BCUT2D eigenvalue weighted by Gasteiger charge is -2.29. The highest BCUT2D eigenvalue weighted by Crippen LogP contribution is 2.43. The van der Waals surface area contributed by atoms with Gasteiger partial charge in [-0.2, -0.15) is 5.10 Å². The Bertz CT molecular complexity index is 1060. The zero-order valence-corrected chi connectivity index (χ0v) is 21.3. The highest BCUT2D eigenvalue weighted by Gasteiger charge is 2.29. The first-order valence-electron chi connectivity index (χ1n) is 12.6. The van der Waals surface area contributed by atoms with Crippen molar-refractivity contribution in [1.29, 1.82) is 0 Å². The van der Waals surface area contributed by atoms with E-state index < -0.39 is 11.7 Å². The van der Waals surface area contributed by atoms with Crippen LogP contribution in [0.2, 0.25) is 0 Å². The minimum atomic E-state index is -0.728. The second-order valence-corrected chi connectivity index (χ2v) is 10.7. The molecule has 1 aromatic carbocycles. The molecule has 0 spiro atoms. The Labute approximate surface area is 207 Å². The first-order valence-corrected chi connectivity index (χ1v) is 13.8. The number of hydrogen-bond donors (Lipinski definition) is 0. The smallest absolute Gasteiger partial charge is 0.162 e. The number of benzene rings is 1. The lowest BCUT2D eigenvalue weighted by molar-refractivity contribution is 0.235. The summed E-state index contributed by atoms with van der Waals surface area (Å²) in [7, 11) is 0. The highest BCUT2D eigenvalue weighted by atomic mass is 32.2. The van der Waals surface area contributed by atoms with Gasteiger partial charge in [-0.3, -0.25) is 4.68 Å². The van der Waals surface area contributed by atoms with Crippen molar-refractivity contribution in [3.8, 4) is 11.3 Å². The summed E-state index contributed by atoms with van der Waals surface area (Å²) in [5.74, 6) is -0.0108. The predicted molar refractivity (Wildman–Crippen MR) is 140 cm³/mol. The molecule has 5 heteroatoms. The Morgan fingerprint density at radius 2 is 1.82 bits per heavy atom. The number of rotatable bonds is 9. The van der Waals surface area contributed by atoms with Crippen molar-refractivity contribution in [3.63, 3.8) is 0 Å². The van der Waals surface area contributed by atoms with Gasteiger partial charge < -0.3 is 0 Å². The molecular weight excluding hydrogens is 446 g/mol. The van der Waals surface area contributed by atoms with Crippen LogP contribution in [0.25, 0.3) is 16.8 Å². The van der Waals surface area contributed by atoms with Gasteiger partial charge in [-0.25, -0.2) is 8.78 Å². The Morgan fingerprint density at radius 1 is 1.12 bits per heavy atom. The summed E-state index contributed by atoms with van der Waals surface area (Å²) in [4.78, 5) is 0. The van der Waals surface area contributed by atoms with E-state index in [4.69, 9.17) is 5.10 Å². The summed E-state index contributed by atoms with van der Waals surface area (Å²) in [6, 6.07) is 10.1. The summed E-state index contributed by atoms with van der Waals surface area (Å²) < 4.78 is 31.3. The van der Waals surface area contributed by atoms with Gasteiger partial charge in [0.2, 0.25) is 0 Å². The molecule has 34 heavy (non-hydrogen) atoms. The van der Waals surface area contributed by atoms with Gasteiger partial charge in [-0.15, -0.1) is 18.3 Å². The molecule has 1 fully saturated rings. The van der Waals surface area contributed by atoms with Crippen LogP contribution in [0.3, 0.4) is 0 Å². The Morgan fingerprint density at radius 3 is 2.50 bits per heavy atom. The van der Waals surface area contributed by atoms with Crippen LogP contribution in [-0.2, 0) is 6.54 Å². The maximum Gasteiger partial charge on any atom is 0.162 e. The summed E-state index contributed by atoms with van der Waals surface area (Å²) >= 11 is 1.50. The molecule has 0 atom stereocenters. The van der Waals surface area contributed by atoms with Crippen molar-refractivity contribution in [2.75, 3.05) is 6.26 Å². The summed E-state index contributed by atoms with van der Waals surface area (Å²) in [5.41, 5.74) is 4.28. The van der Waals surface area contributed by atoms with E-state index in [0.29, 0.717) is 17.9 Å². The van der Waals surface area contributed by atoms with Gasteiger partial charge in [0.25, 0.3) is 0 Å². The van der Waals surface area contributed by atoms with Crippen molar-refractivity contribution in [2.45, 2.75) is 76.3 Å². The third-order valence-electron chi connectivity index (χ3n) is 7.23. The van der Waals surface area contributed by atoms with Crippen LogP contribution >= 0.6 is 11.8 Å². The van der Waals surface area contributed by atoms with Gasteiger partial charge in [0.05, 0.1) is 5.69 Å². The normalized spacial score (nSPS) is 21.0. The molecule has 0 N–H and O–H groups in total. The fourth-order valence-corrected chi connectivity index (χ4v) is 5.98. The number of aromatic nitrogens is 2. The van der Waals surface area contributed by atoms with Crippen LogP contribution < -0.4 is 0 Å². The third-order valence-corrected chi connectivity index (χ3v) is 7.90. The minimum absolute atomic E-state index is 0.133. The molecule has 0 bridgehead atoms. The molecule has 1 heterocycles. The van der Waals surface area contributed by atoms with Crippen LogP contribution in [-0.4, -0.2) is 16.0 Å². The zero-order chi connectivity index (χ0) is 24.1. The topological polar surface area (TPSA) is 17.8 Å². The molecule has 0 amide bonds. The maximum absolute atomic E-state index is 15.0. The predicted octanol–water partition coefficient (Wildman–Crippen LogP) is 9.15.